The zero-order chi connectivity index (χ0) is 18.5. The molecule has 0 bridgehead atoms. The van der Waals surface area contributed by atoms with Gasteiger partial charge in [-0.1, -0.05) is 11.6 Å². The van der Waals surface area contributed by atoms with Crippen LogP contribution in [-0.4, -0.2) is 23.2 Å². The van der Waals surface area contributed by atoms with Gasteiger partial charge in [0.1, 0.15) is 5.75 Å². The average Bonchev–Trinajstić information content (AvgIpc) is 2.65. The molecule has 0 aliphatic heterocycles. The molecule has 2 N–H and O–H groups in total. The fourth-order valence-electron chi connectivity index (χ4n) is 2.30. The number of carbonyl (C=O) groups is 1. The number of carbonyl (C=O) groups excluding carboxylic acids is 1. The fraction of sp³-hybridized carbons (Fsp3) is 0.105. The van der Waals surface area contributed by atoms with Gasteiger partial charge in [-0.3, -0.25) is 4.79 Å². The minimum Gasteiger partial charge on any atom is -0.497 e. The third kappa shape index (κ3) is 4.29. The molecule has 0 saturated carbocycles. The monoisotopic (exact) mass is 368 g/mol. The highest BCUT2D eigenvalue weighted by atomic mass is 35.5. The van der Waals surface area contributed by atoms with E-state index >= 15 is 0 Å². The summed E-state index contributed by atoms with van der Waals surface area (Å²) < 4.78 is 5.08. The molecule has 0 aliphatic carbocycles. The normalized spacial score (nSPS) is 10.3. The predicted octanol–water partition coefficient (Wildman–Crippen LogP) is 4.44. The number of aromatic nitrogens is 2. The third-order valence-electron chi connectivity index (χ3n) is 3.71. The van der Waals surface area contributed by atoms with Gasteiger partial charge in [0, 0.05) is 16.3 Å². The lowest BCUT2D eigenvalue weighted by Crippen LogP contribution is -2.13. The van der Waals surface area contributed by atoms with Crippen LogP contribution in [-0.2, 0) is 0 Å². The highest BCUT2D eigenvalue weighted by Gasteiger charge is 2.08. The molecule has 132 valence electrons. The Kier molecular flexibility index (Phi) is 5.34. The smallest absolute Gasteiger partial charge is 0.256 e. The van der Waals surface area contributed by atoms with E-state index in [1.165, 1.54) is 0 Å². The summed E-state index contributed by atoms with van der Waals surface area (Å²) in [5, 5.41) is 14.7. The number of halogens is 1. The number of aryl methyl sites for hydroxylation is 1. The number of nitrogens with zero attached hydrogens (tertiary/aromatic N) is 2. The minimum absolute atomic E-state index is 0.267. The first-order chi connectivity index (χ1) is 12.5. The quantitative estimate of drug-likeness (QED) is 0.696. The summed E-state index contributed by atoms with van der Waals surface area (Å²) in [6, 6.07) is 15.8. The summed E-state index contributed by atoms with van der Waals surface area (Å²) in [4.78, 5) is 12.2. The van der Waals surface area contributed by atoms with E-state index in [4.69, 9.17) is 16.3 Å². The van der Waals surface area contributed by atoms with Crippen molar-refractivity contribution in [3.63, 3.8) is 0 Å². The molecular weight excluding hydrogens is 352 g/mol. The first-order valence-electron chi connectivity index (χ1n) is 7.87. The number of nitrogens with one attached hydrogen (secondary N) is 2. The molecule has 0 aliphatic rings. The second-order valence-electron chi connectivity index (χ2n) is 5.57. The zero-order valence-electron chi connectivity index (χ0n) is 14.3. The van der Waals surface area contributed by atoms with Crippen LogP contribution >= 0.6 is 11.6 Å². The summed E-state index contributed by atoms with van der Waals surface area (Å²) in [6.07, 6.45) is 0. The van der Waals surface area contributed by atoms with Crippen molar-refractivity contribution >= 4 is 34.8 Å². The molecule has 2 aromatic carbocycles. The number of hydrogen-bond donors (Lipinski definition) is 2. The third-order valence-corrected chi connectivity index (χ3v) is 3.94. The van der Waals surface area contributed by atoms with Gasteiger partial charge in [0.25, 0.3) is 5.91 Å². The largest absolute Gasteiger partial charge is 0.497 e. The van der Waals surface area contributed by atoms with E-state index in [2.05, 4.69) is 20.8 Å². The molecule has 1 heterocycles. The van der Waals surface area contributed by atoms with Gasteiger partial charge >= 0.3 is 0 Å². The maximum Gasteiger partial charge on any atom is 0.256 e. The van der Waals surface area contributed by atoms with Crippen molar-refractivity contribution in [2.75, 3.05) is 17.7 Å². The second kappa shape index (κ2) is 7.84. The van der Waals surface area contributed by atoms with E-state index in [0.29, 0.717) is 28.0 Å². The lowest BCUT2D eigenvalue weighted by molar-refractivity contribution is 0.102. The molecule has 7 heteroatoms. The van der Waals surface area contributed by atoms with Crippen molar-refractivity contribution in [3.05, 3.63) is 70.7 Å². The minimum atomic E-state index is -0.267. The van der Waals surface area contributed by atoms with Gasteiger partial charge in [0.05, 0.1) is 7.11 Å². The Labute approximate surface area is 156 Å². The van der Waals surface area contributed by atoms with Crippen molar-refractivity contribution in [1.82, 2.24) is 10.2 Å². The van der Waals surface area contributed by atoms with Gasteiger partial charge in [0.2, 0.25) is 0 Å². The molecule has 0 fully saturated rings. The van der Waals surface area contributed by atoms with Crippen molar-refractivity contribution in [3.8, 4) is 5.75 Å². The maximum absolute atomic E-state index is 12.2. The standard InChI is InChI=1S/C19H17ClN4O2/c1-12-11-14(20)5-8-16(12)21-17-9-10-18(24-23-17)22-19(25)13-3-6-15(26-2)7-4-13/h3-11H,1-2H3,(H,21,23)(H,22,24,25). The fourth-order valence-corrected chi connectivity index (χ4v) is 2.53. The highest BCUT2D eigenvalue weighted by Crippen LogP contribution is 2.22. The molecule has 0 spiro atoms. The number of anilines is 3. The van der Waals surface area contributed by atoms with Gasteiger partial charge in [-0.05, 0) is 67.1 Å². The van der Waals surface area contributed by atoms with E-state index in [0.717, 1.165) is 11.3 Å². The second-order valence-corrected chi connectivity index (χ2v) is 6.01. The number of hydrogen-bond acceptors (Lipinski definition) is 5. The zero-order valence-corrected chi connectivity index (χ0v) is 15.0. The molecule has 3 rings (SSSR count). The highest BCUT2D eigenvalue weighted by molar-refractivity contribution is 6.30. The summed E-state index contributed by atoms with van der Waals surface area (Å²) >= 11 is 5.95. The number of benzene rings is 2. The SMILES string of the molecule is COc1ccc(C(=O)Nc2ccc(Nc3ccc(Cl)cc3C)nn2)cc1. The Morgan fingerprint density at radius 2 is 1.69 bits per heavy atom. The van der Waals surface area contributed by atoms with Crippen LogP contribution in [0.4, 0.5) is 17.3 Å². The van der Waals surface area contributed by atoms with Crippen LogP contribution in [0, 0.1) is 6.92 Å². The predicted molar refractivity (Wildman–Crippen MR) is 102 cm³/mol. The van der Waals surface area contributed by atoms with Crippen LogP contribution in [0.1, 0.15) is 15.9 Å². The molecular formula is C19H17ClN4O2. The van der Waals surface area contributed by atoms with Crippen LogP contribution in [0.5, 0.6) is 5.75 Å². The summed E-state index contributed by atoms with van der Waals surface area (Å²) in [5.74, 6) is 1.35. The first kappa shape index (κ1) is 17.7. The molecule has 6 nitrogen and oxygen atoms in total. The lowest BCUT2D eigenvalue weighted by Gasteiger charge is -2.09. The Balaban J connectivity index is 1.66. The van der Waals surface area contributed by atoms with E-state index in [1.807, 2.05) is 19.1 Å². The van der Waals surface area contributed by atoms with Crippen LogP contribution in [0.25, 0.3) is 0 Å². The van der Waals surface area contributed by atoms with Crippen LogP contribution in [0.3, 0.4) is 0 Å². The topological polar surface area (TPSA) is 76.1 Å². The summed E-state index contributed by atoms with van der Waals surface area (Å²) in [7, 11) is 1.58. The van der Waals surface area contributed by atoms with E-state index in [-0.39, 0.29) is 5.91 Å². The van der Waals surface area contributed by atoms with Crippen molar-refractivity contribution in [1.29, 1.82) is 0 Å². The van der Waals surface area contributed by atoms with Gasteiger partial charge < -0.3 is 15.4 Å². The Hall–Kier alpha value is -3.12. The molecule has 0 atom stereocenters. The number of ether oxygens (including phenoxy) is 1. The maximum atomic E-state index is 12.2. The Morgan fingerprint density at radius 3 is 2.31 bits per heavy atom. The van der Waals surface area contributed by atoms with E-state index in [1.54, 1.807) is 49.6 Å². The summed E-state index contributed by atoms with van der Waals surface area (Å²) in [5.41, 5.74) is 2.39. The average molecular weight is 369 g/mol. The van der Waals surface area contributed by atoms with Crippen molar-refractivity contribution < 1.29 is 9.53 Å². The molecule has 1 amide bonds. The van der Waals surface area contributed by atoms with Gasteiger partial charge in [-0.15, -0.1) is 10.2 Å². The summed E-state index contributed by atoms with van der Waals surface area (Å²) in [6.45, 7) is 1.95. The molecule has 0 unspecified atom stereocenters. The first-order valence-corrected chi connectivity index (χ1v) is 8.25. The molecule has 0 saturated heterocycles. The number of amides is 1. The van der Waals surface area contributed by atoms with E-state index < -0.39 is 0 Å². The Bertz CT molecular complexity index is 912. The van der Waals surface area contributed by atoms with Gasteiger partial charge in [0.15, 0.2) is 11.6 Å². The molecule has 3 aromatic rings. The molecule has 0 radical (unpaired) electrons. The van der Waals surface area contributed by atoms with Crippen molar-refractivity contribution in [2.24, 2.45) is 0 Å². The van der Waals surface area contributed by atoms with Crippen LogP contribution < -0.4 is 15.4 Å². The van der Waals surface area contributed by atoms with Crippen LogP contribution in [0.2, 0.25) is 5.02 Å². The lowest BCUT2D eigenvalue weighted by atomic mass is 10.2. The van der Waals surface area contributed by atoms with Crippen LogP contribution in [0.15, 0.2) is 54.6 Å². The Morgan fingerprint density at radius 1 is 1.00 bits per heavy atom. The van der Waals surface area contributed by atoms with Gasteiger partial charge in [-0.25, -0.2) is 0 Å². The molecule has 26 heavy (non-hydrogen) atoms. The van der Waals surface area contributed by atoms with E-state index in [9.17, 15) is 4.79 Å². The van der Waals surface area contributed by atoms with Crippen molar-refractivity contribution in [2.45, 2.75) is 6.92 Å². The molecule has 1 aromatic heterocycles. The number of rotatable bonds is 5. The van der Waals surface area contributed by atoms with Gasteiger partial charge in [-0.2, -0.15) is 0 Å². The number of methoxy groups -OCH3 is 1.